The summed E-state index contributed by atoms with van der Waals surface area (Å²) in [4.78, 5) is 39.5. The first kappa shape index (κ1) is 28.2. The van der Waals surface area contributed by atoms with E-state index in [1.165, 1.54) is 11.3 Å². The van der Waals surface area contributed by atoms with Crippen molar-refractivity contribution in [1.29, 1.82) is 0 Å². The molecule has 9 heteroatoms. The van der Waals surface area contributed by atoms with Gasteiger partial charge in [0, 0.05) is 16.1 Å². The van der Waals surface area contributed by atoms with Gasteiger partial charge in [-0.25, -0.2) is 4.79 Å². The summed E-state index contributed by atoms with van der Waals surface area (Å²) in [5.74, 6) is 0.681. The van der Waals surface area contributed by atoms with Gasteiger partial charge in [0.2, 0.25) is 0 Å². The number of nitrogens with one attached hydrogen (secondary N) is 2. The molecular formula is C30H34N2O6S. The molecule has 1 heterocycles. The van der Waals surface area contributed by atoms with Crippen LogP contribution < -0.4 is 20.1 Å². The molecule has 0 radical (unpaired) electrons. The monoisotopic (exact) mass is 550 g/mol. The number of benzene rings is 2. The summed E-state index contributed by atoms with van der Waals surface area (Å²) in [6, 6.07) is 13.6. The van der Waals surface area contributed by atoms with Crippen LogP contribution in [0.15, 0.2) is 48.5 Å². The molecule has 1 aliphatic rings. The molecule has 0 saturated heterocycles. The molecule has 0 saturated carbocycles. The number of hydrogen-bond donors (Lipinski definition) is 2. The molecule has 2 N–H and O–H groups in total. The van der Waals surface area contributed by atoms with Gasteiger partial charge in [-0.3, -0.25) is 9.59 Å². The Bertz CT molecular complexity index is 1320. The van der Waals surface area contributed by atoms with Crippen molar-refractivity contribution >= 4 is 39.8 Å². The lowest BCUT2D eigenvalue weighted by Gasteiger charge is -2.18. The zero-order chi connectivity index (χ0) is 27.9. The van der Waals surface area contributed by atoms with Gasteiger partial charge < -0.3 is 24.8 Å². The van der Waals surface area contributed by atoms with Crippen molar-refractivity contribution < 1.29 is 28.6 Å². The Balaban J connectivity index is 1.39. The van der Waals surface area contributed by atoms with E-state index in [0.29, 0.717) is 40.1 Å². The third-order valence-electron chi connectivity index (χ3n) is 6.45. The average molecular weight is 551 g/mol. The van der Waals surface area contributed by atoms with E-state index in [4.69, 9.17) is 14.2 Å². The third kappa shape index (κ3) is 6.97. The molecule has 206 valence electrons. The first-order chi connectivity index (χ1) is 18.8. The normalized spacial score (nSPS) is 15.0. The molecule has 3 aromatic rings. The number of carbonyl (C=O) groups excluding carboxylic acids is 3. The van der Waals surface area contributed by atoms with Gasteiger partial charge in [-0.1, -0.05) is 6.92 Å². The highest BCUT2D eigenvalue weighted by atomic mass is 32.1. The quantitative estimate of drug-likeness (QED) is 0.296. The minimum atomic E-state index is -0.761. The fourth-order valence-corrected chi connectivity index (χ4v) is 5.81. The largest absolute Gasteiger partial charge is 0.494 e. The van der Waals surface area contributed by atoms with Crippen LogP contribution >= 0.6 is 11.3 Å². The summed E-state index contributed by atoms with van der Waals surface area (Å²) >= 11 is 1.45. The predicted octanol–water partition coefficient (Wildman–Crippen LogP) is 6.11. The molecule has 0 bridgehead atoms. The summed E-state index contributed by atoms with van der Waals surface area (Å²) in [7, 11) is 0. The maximum Gasteiger partial charge on any atom is 0.341 e. The van der Waals surface area contributed by atoms with E-state index >= 15 is 0 Å². The Hall–Kier alpha value is -3.85. The van der Waals surface area contributed by atoms with Crippen LogP contribution in [-0.4, -0.2) is 37.1 Å². The summed E-state index contributed by atoms with van der Waals surface area (Å²) < 4.78 is 16.5. The highest BCUT2D eigenvalue weighted by molar-refractivity contribution is 7.17. The van der Waals surface area contributed by atoms with Gasteiger partial charge in [0.1, 0.15) is 16.5 Å². The number of hydrogen-bond acceptors (Lipinski definition) is 7. The summed E-state index contributed by atoms with van der Waals surface area (Å²) in [6.45, 7) is 8.36. The number of esters is 1. The molecule has 1 aromatic heterocycles. The van der Waals surface area contributed by atoms with Crippen LogP contribution in [0.1, 0.15) is 65.3 Å². The molecule has 0 fully saturated rings. The highest BCUT2D eigenvalue weighted by Gasteiger charge is 2.29. The topological polar surface area (TPSA) is 103 Å². The second kappa shape index (κ2) is 12.8. The molecule has 1 aliphatic carbocycles. The van der Waals surface area contributed by atoms with Crippen molar-refractivity contribution in [1.82, 2.24) is 0 Å². The minimum Gasteiger partial charge on any atom is -0.494 e. The number of ether oxygens (including phenoxy) is 3. The molecule has 2 atom stereocenters. The van der Waals surface area contributed by atoms with Gasteiger partial charge in [-0.15, -0.1) is 11.3 Å². The van der Waals surface area contributed by atoms with Gasteiger partial charge in [-0.2, -0.15) is 0 Å². The molecule has 39 heavy (non-hydrogen) atoms. The van der Waals surface area contributed by atoms with Crippen LogP contribution in [-0.2, 0) is 22.4 Å². The molecular weight excluding hydrogens is 516 g/mol. The summed E-state index contributed by atoms with van der Waals surface area (Å²) in [6.07, 6.45) is 1.93. The van der Waals surface area contributed by atoms with E-state index in [0.717, 1.165) is 35.5 Å². The van der Waals surface area contributed by atoms with Crippen LogP contribution in [0.3, 0.4) is 0 Å². The maximum absolute atomic E-state index is 13.1. The third-order valence-corrected chi connectivity index (χ3v) is 7.62. The van der Waals surface area contributed by atoms with Crippen LogP contribution in [0.5, 0.6) is 11.5 Å². The second-order valence-corrected chi connectivity index (χ2v) is 10.6. The van der Waals surface area contributed by atoms with Crippen LogP contribution in [0.2, 0.25) is 0 Å². The van der Waals surface area contributed by atoms with Crippen molar-refractivity contribution in [3.05, 3.63) is 70.1 Å². The van der Waals surface area contributed by atoms with Crippen molar-refractivity contribution in [3.8, 4) is 11.5 Å². The van der Waals surface area contributed by atoms with E-state index in [9.17, 15) is 14.4 Å². The van der Waals surface area contributed by atoms with Crippen molar-refractivity contribution in [2.45, 2.75) is 53.1 Å². The van der Waals surface area contributed by atoms with Gasteiger partial charge in [0.25, 0.3) is 11.8 Å². The lowest BCUT2D eigenvalue weighted by Crippen LogP contribution is -2.30. The van der Waals surface area contributed by atoms with Gasteiger partial charge in [0.05, 0.1) is 18.8 Å². The fourth-order valence-electron chi connectivity index (χ4n) is 4.42. The van der Waals surface area contributed by atoms with E-state index < -0.39 is 12.1 Å². The van der Waals surface area contributed by atoms with Crippen molar-refractivity contribution in [3.63, 3.8) is 0 Å². The maximum atomic E-state index is 13.1. The van der Waals surface area contributed by atoms with E-state index in [-0.39, 0.29) is 18.4 Å². The van der Waals surface area contributed by atoms with Crippen LogP contribution in [0.4, 0.5) is 10.7 Å². The molecule has 4 rings (SSSR count). The van der Waals surface area contributed by atoms with Gasteiger partial charge in [-0.05, 0) is 100 Å². The van der Waals surface area contributed by atoms with Gasteiger partial charge >= 0.3 is 5.97 Å². The lowest BCUT2D eigenvalue weighted by molar-refractivity contribution is -0.122. The van der Waals surface area contributed by atoms with E-state index in [2.05, 4.69) is 17.6 Å². The highest BCUT2D eigenvalue weighted by Crippen LogP contribution is 2.40. The van der Waals surface area contributed by atoms with Crippen LogP contribution in [0, 0.1) is 5.92 Å². The number of carbonyl (C=O) groups is 3. The second-order valence-electron chi connectivity index (χ2n) is 9.46. The average Bonchev–Trinajstić information content (AvgIpc) is 3.27. The smallest absolute Gasteiger partial charge is 0.341 e. The molecule has 2 aromatic carbocycles. The van der Waals surface area contributed by atoms with Crippen molar-refractivity contribution in [2.24, 2.45) is 5.92 Å². The van der Waals surface area contributed by atoms with E-state index in [1.807, 2.05) is 6.92 Å². The summed E-state index contributed by atoms with van der Waals surface area (Å²) in [5.41, 5.74) is 2.51. The molecule has 2 amide bonds. The first-order valence-electron chi connectivity index (χ1n) is 13.2. The fraction of sp³-hybridized carbons (Fsp3) is 0.367. The zero-order valence-electron chi connectivity index (χ0n) is 22.7. The molecule has 0 spiro atoms. The zero-order valence-corrected chi connectivity index (χ0v) is 23.5. The van der Waals surface area contributed by atoms with Crippen molar-refractivity contribution in [2.75, 3.05) is 23.8 Å². The number of anilines is 2. The predicted molar refractivity (Wildman–Crippen MR) is 152 cm³/mol. The molecule has 0 unspecified atom stereocenters. The first-order valence-corrected chi connectivity index (χ1v) is 14.0. The Morgan fingerprint density at radius 3 is 2.33 bits per heavy atom. The lowest BCUT2D eigenvalue weighted by atomic mass is 9.88. The minimum absolute atomic E-state index is 0.269. The Morgan fingerprint density at radius 2 is 1.67 bits per heavy atom. The number of rotatable bonds is 10. The standard InChI is InChI=1S/C30H34N2O6S/c1-5-36-22-14-10-21(11-15-22)31-27(33)19(4)38-23-12-8-20(9-13-23)28(34)32-29-26(30(35)37-6-2)24-16-7-18(3)17-25(24)39-29/h8-15,18-19H,5-7,16-17H2,1-4H3,(H,31,33)(H,32,34)/t18-,19-/m1/s1. The summed E-state index contributed by atoms with van der Waals surface area (Å²) in [5, 5.41) is 6.26. The van der Waals surface area contributed by atoms with E-state index in [1.54, 1.807) is 62.4 Å². The number of fused-ring (bicyclic) bond motifs is 1. The Labute approximate surface area is 232 Å². The SMILES string of the molecule is CCOC(=O)c1c(NC(=O)c2ccc(O[C@H](C)C(=O)Nc3ccc(OCC)cc3)cc2)sc2c1CC[C@@H](C)C2. The molecule has 0 aliphatic heterocycles. The molecule has 8 nitrogen and oxygen atoms in total. The number of thiophene rings is 1. The van der Waals surface area contributed by atoms with Gasteiger partial charge in [0.15, 0.2) is 6.10 Å². The number of amides is 2. The van der Waals surface area contributed by atoms with Crippen LogP contribution in [0.25, 0.3) is 0 Å². The Kier molecular flexibility index (Phi) is 9.24. The Morgan fingerprint density at radius 1 is 0.974 bits per heavy atom.